The minimum Gasteiger partial charge on any atom is -0.480 e. The molecule has 2 aliphatic rings. The van der Waals surface area contributed by atoms with Gasteiger partial charge in [0.25, 0.3) is 0 Å². The zero-order chi connectivity index (χ0) is 12.9. The van der Waals surface area contributed by atoms with Gasteiger partial charge in [-0.2, -0.15) is 0 Å². The van der Waals surface area contributed by atoms with Gasteiger partial charge in [0.15, 0.2) is 0 Å². The maximum atomic E-state index is 11.5. The molecule has 1 aromatic heterocycles. The van der Waals surface area contributed by atoms with Crippen LogP contribution in [0.15, 0.2) is 12.4 Å². The standard InChI is InChI=1S/C10H12N4O3S/c1-10(5-13-3-2-11-12-13)8(9(16)17)14-6(15)4-7(14)18-10/h2-3,7-8H,4-5H2,1H3,(H,16,17). The molecule has 2 saturated heterocycles. The first-order valence-electron chi connectivity index (χ1n) is 5.57. The summed E-state index contributed by atoms with van der Waals surface area (Å²) in [5.74, 6) is -1.04. The monoisotopic (exact) mass is 268 g/mol. The highest BCUT2D eigenvalue weighted by Gasteiger charge is 2.60. The molecule has 0 spiro atoms. The molecule has 18 heavy (non-hydrogen) atoms. The van der Waals surface area contributed by atoms with Crippen LogP contribution in [0.4, 0.5) is 0 Å². The van der Waals surface area contributed by atoms with Crippen LogP contribution in [0.3, 0.4) is 0 Å². The third-order valence-electron chi connectivity index (χ3n) is 3.39. The molecule has 8 heteroatoms. The average Bonchev–Trinajstić information content (AvgIpc) is 2.83. The van der Waals surface area contributed by atoms with Gasteiger partial charge in [0.05, 0.1) is 29.3 Å². The van der Waals surface area contributed by atoms with Crippen LogP contribution in [0.1, 0.15) is 13.3 Å². The van der Waals surface area contributed by atoms with Crippen LogP contribution >= 0.6 is 11.8 Å². The van der Waals surface area contributed by atoms with E-state index in [1.54, 1.807) is 17.1 Å². The number of aliphatic carboxylic acids is 1. The largest absolute Gasteiger partial charge is 0.480 e. The summed E-state index contributed by atoms with van der Waals surface area (Å²) in [6.07, 6.45) is 3.68. The molecule has 0 radical (unpaired) electrons. The molecule has 7 nitrogen and oxygen atoms in total. The lowest BCUT2D eigenvalue weighted by Crippen LogP contribution is -2.58. The van der Waals surface area contributed by atoms with Crippen molar-refractivity contribution in [1.29, 1.82) is 0 Å². The fourth-order valence-electron chi connectivity index (χ4n) is 2.62. The van der Waals surface area contributed by atoms with Crippen molar-refractivity contribution >= 4 is 23.6 Å². The number of rotatable bonds is 3. The molecule has 3 heterocycles. The molecule has 1 amide bonds. The molecule has 3 rings (SSSR count). The smallest absolute Gasteiger partial charge is 0.327 e. The molecule has 2 aliphatic heterocycles. The van der Waals surface area contributed by atoms with E-state index in [0.717, 1.165) is 0 Å². The number of hydrogen-bond acceptors (Lipinski definition) is 5. The van der Waals surface area contributed by atoms with Gasteiger partial charge < -0.3 is 10.0 Å². The number of amides is 1. The van der Waals surface area contributed by atoms with Crippen molar-refractivity contribution < 1.29 is 14.7 Å². The quantitative estimate of drug-likeness (QED) is 0.763. The predicted octanol–water partition coefficient (Wildman–Crippen LogP) is -0.205. The Morgan fingerprint density at radius 1 is 1.72 bits per heavy atom. The van der Waals surface area contributed by atoms with Gasteiger partial charge in [-0.25, -0.2) is 4.79 Å². The maximum Gasteiger partial charge on any atom is 0.327 e. The first-order chi connectivity index (χ1) is 8.51. The molecule has 1 aromatic rings. The highest BCUT2D eigenvalue weighted by atomic mass is 32.2. The third-order valence-corrected chi connectivity index (χ3v) is 4.95. The predicted molar refractivity (Wildman–Crippen MR) is 62.7 cm³/mol. The number of fused-ring (bicyclic) bond motifs is 1. The van der Waals surface area contributed by atoms with E-state index in [9.17, 15) is 14.7 Å². The molecule has 0 saturated carbocycles. The fourth-order valence-corrected chi connectivity index (χ4v) is 4.37. The number of carboxylic acids is 1. The zero-order valence-corrected chi connectivity index (χ0v) is 10.5. The summed E-state index contributed by atoms with van der Waals surface area (Å²) >= 11 is 1.54. The molecule has 0 aromatic carbocycles. The van der Waals surface area contributed by atoms with Crippen molar-refractivity contribution in [3.63, 3.8) is 0 Å². The summed E-state index contributed by atoms with van der Waals surface area (Å²) in [5.41, 5.74) is 0. The Morgan fingerprint density at radius 2 is 2.50 bits per heavy atom. The number of thioether (sulfide) groups is 1. The highest BCUT2D eigenvalue weighted by Crippen LogP contribution is 2.51. The van der Waals surface area contributed by atoms with E-state index in [2.05, 4.69) is 10.3 Å². The van der Waals surface area contributed by atoms with Crippen molar-refractivity contribution in [2.45, 2.75) is 36.1 Å². The van der Waals surface area contributed by atoms with Gasteiger partial charge in [0.2, 0.25) is 5.91 Å². The molecule has 3 atom stereocenters. The SMILES string of the molecule is CC1(Cn2ccnn2)SC2CC(=O)N2C1C(=O)O. The van der Waals surface area contributed by atoms with Crippen molar-refractivity contribution in [1.82, 2.24) is 19.9 Å². The first-order valence-corrected chi connectivity index (χ1v) is 6.45. The summed E-state index contributed by atoms with van der Waals surface area (Å²) in [4.78, 5) is 24.4. The molecular formula is C10H12N4O3S. The van der Waals surface area contributed by atoms with E-state index in [1.165, 1.54) is 16.7 Å². The van der Waals surface area contributed by atoms with Gasteiger partial charge in [-0.15, -0.1) is 16.9 Å². The minimum atomic E-state index is -0.958. The Labute approximate surface area is 107 Å². The van der Waals surface area contributed by atoms with Crippen molar-refractivity contribution in [2.24, 2.45) is 0 Å². The molecule has 0 aliphatic carbocycles. The second-order valence-electron chi connectivity index (χ2n) is 4.73. The molecule has 1 N–H and O–H groups in total. The van der Waals surface area contributed by atoms with E-state index < -0.39 is 16.8 Å². The lowest BCUT2D eigenvalue weighted by molar-refractivity contribution is -0.157. The Bertz CT molecular complexity index is 505. The summed E-state index contributed by atoms with van der Waals surface area (Å²) < 4.78 is 1.04. The van der Waals surface area contributed by atoms with E-state index in [0.29, 0.717) is 13.0 Å². The lowest BCUT2D eigenvalue weighted by Gasteiger charge is -2.36. The molecular weight excluding hydrogens is 256 g/mol. The Morgan fingerprint density at radius 3 is 3.06 bits per heavy atom. The van der Waals surface area contributed by atoms with Gasteiger partial charge in [-0.05, 0) is 6.92 Å². The van der Waals surface area contributed by atoms with Crippen LogP contribution in [0.2, 0.25) is 0 Å². The van der Waals surface area contributed by atoms with Crippen LogP contribution in [-0.4, -0.2) is 53.0 Å². The Kier molecular flexibility index (Phi) is 2.37. The van der Waals surface area contributed by atoms with Crippen LogP contribution in [-0.2, 0) is 16.1 Å². The van der Waals surface area contributed by atoms with Gasteiger partial charge in [0.1, 0.15) is 6.04 Å². The van der Waals surface area contributed by atoms with Gasteiger partial charge in [-0.1, -0.05) is 5.21 Å². The summed E-state index contributed by atoms with van der Waals surface area (Å²) in [7, 11) is 0. The minimum absolute atomic E-state index is 0.00729. The summed E-state index contributed by atoms with van der Waals surface area (Å²) in [6.45, 7) is 2.29. The van der Waals surface area contributed by atoms with Crippen LogP contribution in [0.5, 0.6) is 0 Å². The maximum absolute atomic E-state index is 11.5. The number of carboxylic acid groups (broad SMARTS) is 1. The molecule has 3 unspecified atom stereocenters. The number of aromatic nitrogens is 3. The van der Waals surface area contributed by atoms with Crippen molar-refractivity contribution in [3.8, 4) is 0 Å². The first kappa shape index (κ1) is 11.5. The van der Waals surface area contributed by atoms with Crippen LogP contribution in [0, 0.1) is 0 Å². The molecule has 96 valence electrons. The Balaban J connectivity index is 1.90. The zero-order valence-electron chi connectivity index (χ0n) is 9.68. The second kappa shape index (κ2) is 3.71. The number of carbonyl (C=O) groups excluding carboxylic acids is 1. The van der Waals surface area contributed by atoms with E-state index in [1.807, 2.05) is 6.92 Å². The average molecular weight is 268 g/mol. The van der Waals surface area contributed by atoms with Crippen molar-refractivity contribution in [3.05, 3.63) is 12.4 Å². The summed E-state index contributed by atoms with van der Waals surface area (Å²) in [6, 6.07) is -0.794. The van der Waals surface area contributed by atoms with E-state index in [-0.39, 0.29) is 11.3 Å². The van der Waals surface area contributed by atoms with Crippen LogP contribution in [0.25, 0.3) is 0 Å². The van der Waals surface area contributed by atoms with Gasteiger partial charge >= 0.3 is 5.97 Å². The van der Waals surface area contributed by atoms with Crippen molar-refractivity contribution in [2.75, 3.05) is 0 Å². The lowest BCUT2D eigenvalue weighted by atomic mass is 9.96. The van der Waals surface area contributed by atoms with Gasteiger partial charge in [-0.3, -0.25) is 9.48 Å². The number of hydrogen-bond donors (Lipinski definition) is 1. The molecule has 0 bridgehead atoms. The second-order valence-corrected chi connectivity index (χ2v) is 6.44. The highest BCUT2D eigenvalue weighted by molar-refractivity contribution is 8.01. The fraction of sp³-hybridized carbons (Fsp3) is 0.600. The van der Waals surface area contributed by atoms with Crippen LogP contribution < -0.4 is 0 Å². The topological polar surface area (TPSA) is 88.3 Å². The number of nitrogens with zero attached hydrogens (tertiary/aromatic N) is 4. The normalized spacial score (nSPS) is 34.3. The number of β-lactam (4-membered cyclic amide) rings is 1. The van der Waals surface area contributed by atoms with Gasteiger partial charge in [0, 0.05) is 6.20 Å². The van der Waals surface area contributed by atoms with E-state index >= 15 is 0 Å². The molecule has 2 fully saturated rings. The van der Waals surface area contributed by atoms with E-state index in [4.69, 9.17) is 0 Å². The Hall–Kier alpha value is -1.57. The number of carbonyl (C=O) groups is 2. The summed E-state index contributed by atoms with van der Waals surface area (Å²) in [5, 5.41) is 16.9. The third kappa shape index (κ3) is 1.52.